The lowest BCUT2D eigenvalue weighted by molar-refractivity contribution is -0.148. The minimum absolute atomic E-state index is 0.0593. The Morgan fingerprint density at radius 2 is 2.11 bits per heavy atom. The zero-order valence-corrected chi connectivity index (χ0v) is 11.3. The van der Waals surface area contributed by atoms with Gasteiger partial charge in [-0.1, -0.05) is 13.8 Å². The van der Waals surface area contributed by atoms with Gasteiger partial charge in [-0.3, -0.25) is 4.79 Å². The van der Waals surface area contributed by atoms with E-state index in [9.17, 15) is 9.59 Å². The summed E-state index contributed by atoms with van der Waals surface area (Å²) in [5.41, 5.74) is 5.68. The summed E-state index contributed by atoms with van der Waals surface area (Å²) in [6, 6.07) is -0.630. The van der Waals surface area contributed by atoms with Crippen LogP contribution in [0.2, 0.25) is 0 Å². The molecule has 0 aromatic carbocycles. The van der Waals surface area contributed by atoms with Crippen LogP contribution in [0.15, 0.2) is 0 Å². The second-order valence-corrected chi connectivity index (χ2v) is 5.52. The predicted molar refractivity (Wildman–Crippen MR) is 69.0 cm³/mol. The number of amides is 1. The maximum absolute atomic E-state index is 12.1. The van der Waals surface area contributed by atoms with Crippen molar-refractivity contribution >= 4 is 11.9 Å². The van der Waals surface area contributed by atoms with Crippen LogP contribution >= 0.6 is 0 Å². The fourth-order valence-electron chi connectivity index (χ4n) is 2.62. The van der Waals surface area contributed by atoms with E-state index in [0.29, 0.717) is 31.8 Å². The fourth-order valence-corrected chi connectivity index (χ4v) is 2.62. The van der Waals surface area contributed by atoms with Crippen LogP contribution in [0.3, 0.4) is 0 Å². The average molecular weight is 256 g/mol. The van der Waals surface area contributed by atoms with Crippen molar-refractivity contribution < 1.29 is 14.7 Å². The highest BCUT2D eigenvalue weighted by Crippen LogP contribution is 2.22. The molecule has 0 aromatic rings. The molecule has 1 unspecified atom stereocenters. The number of carbonyl (C=O) groups excluding carboxylic acids is 1. The summed E-state index contributed by atoms with van der Waals surface area (Å²) in [4.78, 5) is 24.7. The summed E-state index contributed by atoms with van der Waals surface area (Å²) >= 11 is 0. The van der Waals surface area contributed by atoms with E-state index in [1.165, 1.54) is 4.90 Å². The molecule has 0 saturated carbocycles. The van der Waals surface area contributed by atoms with Crippen molar-refractivity contribution in [2.24, 2.45) is 17.6 Å². The van der Waals surface area contributed by atoms with Crippen LogP contribution < -0.4 is 5.73 Å². The van der Waals surface area contributed by atoms with Crippen molar-refractivity contribution in [3.8, 4) is 0 Å². The van der Waals surface area contributed by atoms with Crippen molar-refractivity contribution in [2.45, 2.75) is 45.6 Å². The van der Waals surface area contributed by atoms with E-state index >= 15 is 0 Å². The highest BCUT2D eigenvalue weighted by molar-refractivity contribution is 5.84. The van der Waals surface area contributed by atoms with E-state index < -0.39 is 12.0 Å². The summed E-state index contributed by atoms with van der Waals surface area (Å²) in [6.45, 7) is 5.25. The smallest absolute Gasteiger partial charge is 0.326 e. The second kappa shape index (κ2) is 6.73. The predicted octanol–water partition coefficient (Wildman–Crippen LogP) is 1.07. The average Bonchev–Trinajstić information content (AvgIpc) is 2.76. The van der Waals surface area contributed by atoms with Gasteiger partial charge in [-0.05, 0) is 37.6 Å². The first-order valence-corrected chi connectivity index (χ1v) is 6.68. The van der Waals surface area contributed by atoms with Crippen molar-refractivity contribution in [3.63, 3.8) is 0 Å². The Kier molecular flexibility index (Phi) is 5.59. The Morgan fingerprint density at radius 1 is 1.44 bits per heavy atom. The number of carboxylic acid groups (broad SMARTS) is 1. The quantitative estimate of drug-likeness (QED) is 0.744. The SMILES string of the molecule is CC(C)CC(CN)CC(=O)N1CCC[C@H]1C(=O)O. The van der Waals surface area contributed by atoms with Crippen LogP contribution in [0.4, 0.5) is 0 Å². The monoisotopic (exact) mass is 256 g/mol. The standard InChI is InChI=1S/C13H24N2O3/c1-9(2)6-10(8-14)7-12(16)15-5-3-4-11(15)13(17)18/h9-11H,3-8,14H2,1-2H3,(H,17,18)/t10?,11-/m0/s1. The van der Waals surface area contributed by atoms with Gasteiger partial charge in [-0.15, -0.1) is 0 Å². The largest absolute Gasteiger partial charge is 0.480 e. The number of nitrogens with two attached hydrogens (primary N) is 1. The van der Waals surface area contributed by atoms with Crippen LogP contribution in [-0.4, -0.2) is 41.0 Å². The molecule has 2 atom stereocenters. The molecule has 1 heterocycles. The van der Waals surface area contributed by atoms with Gasteiger partial charge in [-0.25, -0.2) is 4.79 Å². The van der Waals surface area contributed by atoms with E-state index in [1.54, 1.807) is 0 Å². The second-order valence-electron chi connectivity index (χ2n) is 5.52. The van der Waals surface area contributed by atoms with Crippen LogP contribution in [0.1, 0.15) is 39.5 Å². The molecule has 0 aromatic heterocycles. The lowest BCUT2D eigenvalue weighted by Crippen LogP contribution is -2.41. The van der Waals surface area contributed by atoms with E-state index in [2.05, 4.69) is 13.8 Å². The number of carbonyl (C=O) groups is 2. The van der Waals surface area contributed by atoms with E-state index in [4.69, 9.17) is 10.8 Å². The molecule has 1 amide bonds. The van der Waals surface area contributed by atoms with Gasteiger partial charge in [0.15, 0.2) is 0 Å². The van der Waals surface area contributed by atoms with Gasteiger partial charge in [0.2, 0.25) is 5.91 Å². The summed E-state index contributed by atoms with van der Waals surface area (Å²) in [5.74, 6) is -0.294. The number of hydrogen-bond donors (Lipinski definition) is 2. The Balaban J connectivity index is 2.55. The maximum atomic E-state index is 12.1. The van der Waals surface area contributed by atoms with Crippen molar-refractivity contribution in [3.05, 3.63) is 0 Å². The van der Waals surface area contributed by atoms with Gasteiger partial charge in [0.25, 0.3) is 0 Å². The summed E-state index contributed by atoms with van der Waals surface area (Å²) in [6.07, 6.45) is 2.63. The first kappa shape index (κ1) is 15.0. The van der Waals surface area contributed by atoms with Crippen LogP contribution in [-0.2, 0) is 9.59 Å². The molecule has 5 heteroatoms. The van der Waals surface area contributed by atoms with E-state index in [1.807, 2.05) is 0 Å². The Labute approximate surface area is 108 Å². The maximum Gasteiger partial charge on any atom is 0.326 e. The van der Waals surface area contributed by atoms with Gasteiger partial charge < -0.3 is 15.7 Å². The molecule has 0 aliphatic carbocycles. The fraction of sp³-hybridized carbons (Fsp3) is 0.846. The summed E-state index contributed by atoms with van der Waals surface area (Å²) < 4.78 is 0. The molecule has 1 aliphatic rings. The van der Waals surface area contributed by atoms with Gasteiger partial charge in [-0.2, -0.15) is 0 Å². The molecule has 1 fully saturated rings. The molecule has 1 aliphatic heterocycles. The molecule has 1 saturated heterocycles. The minimum atomic E-state index is -0.894. The van der Waals surface area contributed by atoms with Crippen LogP contribution in [0.25, 0.3) is 0 Å². The highest BCUT2D eigenvalue weighted by Gasteiger charge is 2.34. The van der Waals surface area contributed by atoms with Crippen molar-refractivity contribution in [1.82, 2.24) is 4.90 Å². The van der Waals surface area contributed by atoms with Crippen molar-refractivity contribution in [2.75, 3.05) is 13.1 Å². The number of nitrogens with zero attached hydrogens (tertiary/aromatic N) is 1. The Hall–Kier alpha value is -1.10. The lowest BCUT2D eigenvalue weighted by Gasteiger charge is -2.24. The lowest BCUT2D eigenvalue weighted by atomic mass is 9.93. The molecule has 1 rings (SSSR count). The van der Waals surface area contributed by atoms with E-state index in [0.717, 1.165) is 12.8 Å². The minimum Gasteiger partial charge on any atom is -0.480 e. The number of rotatable bonds is 6. The van der Waals surface area contributed by atoms with Crippen LogP contribution in [0.5, 0.6) is 0 Å². The van der Waals surface area contributed by atoms with Gasteiger partial charge in [0, 0.05) is 13.0 Å². The molecular formula is C13H24N2O3. The highest BCUT2D eigenvalue weighted by atomic mass is 16.4. The normalized spacial score (nSPS) is 21.3. The third-order valence-electron chi connectivity index (χ3n) is 3.46. The third kappa shape index (κ3) is 3.98. The molecular weight excluding hydrogens is 232 g/mol. The van der Waals surface area contributed by atoms with Gasteiger partial charge in [0.1, 0.15) is 6.04 Å². The molecule has 5 nitrogen and oxygen atoms in total. The van der Waals surface area contributed by atoms with E-state index in [-0.39, 0.29) is 11.8 Å². The summed E-state index contributed by atoms with van der Waals surface area (Å²) in [7, 11) is 0. The topological polar surface area (TPSA) is 83.6 Å². The van der Waals surface area contributed by atoms with Gasteiger partial charge in [0.05, 0.1) is 0 Å². The molecule has 18 heavy (non-hydrogen) atoms. The molecule has 104 valence electrons. The van der Waals surface area contributed by atoms with Crippen LogP contribution in [0, 0.1) is 11.8 Å². The number of likely N-dealkylation sites (tertiary alicyclic amines) is 1. The number of aliphatic carboxylic acids is 1. The zero-order chi connectivity index (χ0) is 13.7. The van der Waals surface area contributed by atoms with Crippen molar-refractivity contribution in [1.29, 1.82) is 0 Å². The Bertz CT molecular complexity index is 305. The Morgan fingerprint density at radius 3 is 2.61 bits per heavy atom. The third-order valence-corrected chi connectivity index (χ3v) is 3.46. The molecule has 0 radical (unpaired) electrons. The zero-order valence-electron chi connectivity index (χ0n) is 11.3. The molecule has 3 N–H and O–H groups in total. The first-order valence-electron chi connectivity index (χ1n) is 6.68. The summed E-state index contributed by atoms with van der Waals surface area (Å²) in [5, 5.41) is 9.05. The molecule has 0 bridgehead atoms. The number of carboxylic acids is 1. The molecule has 0 spiro atoms. The number of hydrogen-bond acceptors (Lipinski definition) is 3. The van der Waals surface area contributed by atoms with Gasteiger partial charge >= 0.3 is 5.97 Å². The first-order chi connectivity index (χ1) is 8.45.